The predicted octanol–water partition coefficient (Wildman–Crippen LogP) is 4.39. The molecule has 1 aromatic carbocycles. The van der Waals surface area contributed by atoms with Crippen molar-refractivity contribution in [3.63, 3.8) is 0 Å². The number of fused-ring (bicyclic) bond motifs is 1. The molecular formula is C23H25N5O3S. The summed E-state index contributed by atoms with van der Waals surface area (Å²) in [6, 6.07) is 11.8. The van der Waals surface area contributed by atoms with Crippen molar-refractivity contribution in [2.45, 2.75) is 63.3 Å². The SMILES string of the molecule is CC(C)Oc1ccc2c(C#N)c(-c3ccc(NS(=O)(=O)C4CC4)nn3)n(C3CCC3)c2c1. The Kier molecular flexibility index (Phi) is 5.05. The van der Waals surface area contributed by atoms with Gasteiger partial charge in [-0.05, 0) is 70.2 Å². The van der Waals surface area contributed by atoms with Gasteiger partial charge in [0, 0.05) is 17.5 Å². The molecule has 2 aromatic heterocycles. The van der Waals surface area contributed by atoms with Gasteiger partial charge in [0.15, 0.2) is 5.82 Å². The summed E-state index contributed by atoms with van der Waals surface area (Å²) in [6.45, 7) is 3.96. The van der Waals surface area contributed by atoms with Gasteiger partial charge in [-0.15, -0.1) is 10.2 Å². The van der Waals surface area contributed by atoms with Gasteiger partial charge in [0.2, 0.25) is 10.0 Å². The molecule has 2 saturated carbocycles. The standard InChI is InChI=1S/C23H25N5O3S/c1-14(2)31-16-6-9-18-19(13-24)23(28(21(18)12-16)15-4-3-5-15)20-10-11-22(26-25-20)27-32(29,30)17-7-8-17/h6,9-12,14-15,17H,3-5,7-8H2,1-2H3,(H,26,27). The van der Waals surface area contributed by atoms with Crippen molar-refractivity contribution in [1.82, 2.24) is 14.8 Å². The lowest BCUT2D eigenvalue weighted by Crippen LogP contribution is -2.19. The van der Waals surface area contributed by atoms with Crippen LogP contribution in [0, 0.1) is 11.3 Å². The van der Waals surface area contributed by atoms with Gasteiger partial charge in [0.1, 0.15) is 17.5 Å². The van der Waals surface area contributed by atoms with Crippen LogP contribution in [0.1, 0.15) is 57.6 Å². The van der Waals surface area contributed by atoms with Gasteiger partial charge in [-0.1, -0.05) is 0 Å². The Morgan fingerprint density at radius 3 is 2.50 bits per heavy atom. The summed E-state index contributed by atoms with van der Waals surface area (Å²) >= 11 is 0. The fourth-order valence-corrected chi connectivity index (χ4v) is 5.47. The van der Waals surface area contributed by atoms with E-state index in [-0.39, 0.29) is 23.2 Å². The van der Waals surface area contributed by atoms with Crippen LogP contribution in [0.2, 0.25) is 0 Å². The maximum Gasteiger partial charge on any atom is 0.236 e. The number of sulfonamides is 1. The quantitative estimate of drug-likeness (QED) is 0.571. The van der Waals surface area contributed by atoms with Gasteiger partial charge >= 0.3 is 0 Å². The van der Waals surface area contributed by atoms with E-state index < -0.39 is 10.0 Å². The third-order valence-corrected chi connectivity index (χ3v) is 7.86. The summed E-state index contributed by atoms with van der Waals surface area (Å²) < 4.78 is 35.0. The normalized spacial score (nSPS) is 16.7. The highest BCUT2D eigenvalue weighted by atomic mass is 32.2. The molecule has 0 bridgehead atoms. The van der Waals surface area contributed by atoms with Crippen molar-refractivity contribution in [2.24, 2.45) is 0 Å². The average molecular weight is 452 g/mol. The van der Waals surface area contributed by atoms with E-state index in [2.05, 4.69) is 25.6 Å². The average Bonchev–Trinajstić information content (AvgIpc) is 3.52. The van der Waals surface area contributed by atoms with E-state index in [1.165, 1.54) is 0 Å². The Bertz CT molecular complexity index is 1310. The second-order valence-corrected chi connectivity index (χ2v) is 10.7. The highest BCUT2D eigenvalue weighted by Crippen LogP contribution is 2.43. The topological polar surface area (TPSA) is 110 Å². The molecule has 2 aliphatic carbocycles. The van der Waals surface area contributed by atoms with E-state index in [1.807, 2.05) is 32.0 Å². The van der Waals surface area contributed by atoms with E-state index in [4.69, 9.17) is 4.74 Å². The second-order valence-electron chi connectivity index (χ2n) is 8.79. The zero-order valence-corrected chi connectivity index (χ0v) is 18.9. The lowest BCUT2D eigenvalue weighted by Gasteiger charge is -2.30. The van der Waals surface area contributed by atoms with E-state index in [9.17, 15) is 13.7 Å². The number of aromatic nitrogens is 3. The maximum atomic E-state index is 12.2. The van der Waals surface area contributed by atoms with Crippen LogP contribution < -0.4 is 9.46 Å². The van der Waals surface area contributed by atoms with Crippen molar-refractivity contribution in [1.29, 1.82) is 5.26 Å². The number of benzene rings is 1. The number of rotatable bonds is 7. The molecule has 8 nitrogen and oxygen atoms in total. The van der Waals surface area contributed by atoms with E-state index in [0.29, 0.717) is 24.1 Å². The van der Waals surface area contributed by atoms with Crippen molar-refractivity contribution < 1.29 is 13.2 Å². The van der Waals surface area contributed by atoms with Crippen LogP contribution in [0.5, 0.6) is 5.75 Å². The summed E-state index contributed by atoms with van der Waals surface area (Å²) in [5.41, 5.74) is 2.76. The number of hydrogen-bond acceptors (Lipinski definition) is 6. The van der Waals surface area contributed by atoms with E-state index in [0.717, 1.165) is 41.6 Å². The second kappa shape index (κ2) is 7.78. The molecule has 0 saturated heterocycles. The van der Waals surface area contributed by atoms with Crippen LogP contribution in [0.4, 0.5) is 5.82 Å². The first-order valence-corrected chi connectivity index (χ1v) is 12.5. The first-order chi connectivity index (χ1) is 15.4. The Morgan fingerprint density at radius 1 is 1.16 bits per heavy atom. The number of anilines is 1. The minimum absolute atomic E-state index is 0.0484. The van der Waals surface area contributed by atoms with Gasteiger partial charge < -0.3 is 9.30 Å². The lowest BCUT2D eigenvalue weighted by molar-refractivity contribution is 0.242. The third-order valence-electron chi connectivity index (χ3n) is 6.02. The number of nitriles is 1. The Hall–Kier alpha value is -3.12. The highest BCUT2D eigenvalue weighted by Gasteiger charge is 2.36. The minimum atomic E-state index is -3.41. The number of hydrogen-bond donors (Lipinski definition) is 1. The van der Waals surface area contributed by atoms with Crippen LogP contribution in [0.3, 0.4) is 0 Å². The van der Waals surface area contributed by atoms with Crippen molar-refractivity contribution >= 4 is 26.7 Å². The maximum absolute atomic E-state index is 12.2. The Morgan fingerprint density at radius 2 is 1.94 bits per heavy atom. The molecule has 9 heteroatoms. The van der Waals surface area contributed by atoms with Crippen LogP contribution in [-0.4, -0.2) is 34.5 Å². The summed E-state index contributed by atoms with van der Waals surface area (Å²) in [7, 11) is -3.41. The Labute approximate surface area is 187 Å². The van der Waals surface area contributed by atoms with Crippen LogP contribution in [0.25, 0.3) is 22.3 Å². The van der Waals surface area contributed by atoms with Crippen molar-refractivity contribution in [3.8, 4) is 23.2 Å². The predicted molar refractivity (Wildman–Crippen MR) is 122 cm³/mol. The largest absolute Gasteiger partial charge is 0.491 e. The number of nitrogens with zero attached hydrogens (tertiary/aromatic N) is 4. The molecule has 166 valence electrons. The monoisotopic (exact) mass is 451 g/mol. The lowest BCUT2D eigenvalue weighted by atomic mass is 9.92. The molecule has 1 N–H and O–H groups in total. The zero-order chi connectivity index (χ0) is 22.5. The van der Waals surface area contributed by atoms with Crippen molar-refractivity contribution in [2.75, 3.05) is 4.72 Å². The van der Waals surface area contributed by atoms with Crippen LogP contribution in [0.15, 0.2) is 30.3 Å². The van der Waals surface area contributed by atoms with Crippen molar-refractivity contribution in [3.05, 3.63) is 35.9 Å². The molecule has 0 unspecified atom stereocenters. The molecule has 32 heavy (non-hydrogen) atoms. The molecule has 0 amide bonds. The summed E-state index contributed by atoms with van der Waals surface area (Å²) in [4.78, 5) is 0. The van der Waals surface area contributed by atoms with Gasteiger partial charge in [0.25, 0.3) is 0 Å². The molecule has 2 heterocycles. The first kappa shape index (κ1) is 20.8. The Balaban J connectivity index is 1.60. The van der Waals surface area contributed by atoms with Gasteiger partial charge in [-0.25, -0.2) is 8.42 Å². The molecule has 5 rings (SSSR count). The molecule has 2 fully saturated rings. The molecule has 0 atom stereocenters. The van der Waals surface area contributed by atoms with Crippen LogP contribution >= 0.6 is 0 Å². The summed E-state index contributed by atoms with van der Waals surface area (Å²) in [5, 5.41) is 19.0. The summed E-state index contributed by atoms with van der Waals surface area (Å²) in [6.07, 6.45) is 4.61. The molecule has 0 spiro atoms. The van der Waals surface area contributed by atoms with Gasteiger partial charge in [0.05, 0.1) is 28.1 Å². The smallest absolute Gasteiger partial charge is 0.236 e. The zero-order valence-electron chi connectivity index (χ0n) is 18.1. The van der Waals surface area contributed by atoms with E-state index >= 15 is 0 Å². The molecule has 0 aliphatic heterocycles. The minimum Gasteiger partial charge on any atom is -0.491 e. The molecular weight excluding hydrogens is 426 g/mol. The first-order valence-electron chi connectivity index (χ1n) is 11.0. The number of ether oxygens (including phenoxy) is 1. The van der Waals surface area contributed by atoms with Gasteiger partial charge in [-0.3, -0.25) is 4.72 Å². The van der Waals surface area contributed by atoms with Gasteiger partial charge in [-0.2, -0.15) is 5.26 Å². The molecule has 2 aliphatic rings. The number of nitrogens with one attached hydrogen (secondary N) is 1. The summed E-state index contributed by atoms with van der Waals surface area (Å²) in [5.74, 6) is 0.954. The fourth-order valence-electron chi connectivity index (χ4n) is 4.15. The third kappa shape index (κ3) is 3.69. The van der Waals surface area contributed by atoms with Crippen LogP contribution in [-0.2, 0) is 10.0 Å². The molecule has 0 radical (unpaired) electrons. The van der Waals surface area contributed by atoms with E-state index in [1.54, 1.807) is 12.1 Å². The molecule has 3 aromatic rings. The fraction of sp³-hybridized carbons (Fsp3) is 0.435. The highest BCUT2D eigenvalue weighted by molar-refractivity contribution is 7.93.